The standard InChI is InChI=1S/C21H23N3O4S/c1-13-8-6-7-9-16(13)24-19(15-10-11-17(26-3)18(12-15)27-4)22-23-21(24)29-14(2)20(25)28-5/h6-12,14H,1-5H3/t14-/m1/s1. The SMILES string of the molecule is COC(=O)[C@@H](C)Sc1nnc(-c2ccc(OC)c(OC)c2)n1-c1ccccc1C. The molecule has 0 bridgehead atoms. The Morgan fingerprint density at radius 3 is 2.41 bits per heavy atom. The van der Waals surface area contributed by atoms with Crippen LogP contribution < -0.4 is 9.47 Å². The van der Waals surface area contributed by atoms with Gasteiger partial charge in [-0.25, -0.2) is 0 Å². The third-order valence-corrected chi connectivity index (χ3v) is 5.47. The molecular formula is C21H23N3O4S. The highest BCUT2D eigenvalue weighted by atomic mass is 32.2. The lowest BCUT2D eigenvalue weighted by Gasteiger charge is -2.15. The van der Waals surface area contributed by atoms with Gasteiger partial charge in [0.05, 0.1) is 27.0 Å². The molecule has 0 aliphatic heterocycles. The zero-order valence-corrected chi connectivity index (χ0v) is 17.8. The lowest BCUT2D eigenvalue weighted by atomic mass is 10.1. The number of nitrogens with zero attached hydrogens (tertiary/aromatic N) is 3. The fourth-order valence-corrected chi connectivity index (χ4v) is 3.80. The van der Waals surface area contributed by atoms with E-state index in [-0.39, 0.29) is 5.97 Å². The lowest BCUT2D eigenvalue weighted by molar-refractivity contribution is -0.139. The van der Waals surface area contributed by atoms with Gasteiger partial charge in [0.25, 0.3) is 0 Å². The number of hydrogen-bond donors (Lipinski definition) is 0. The molecule has 2 aromatic carbocycles. The normalized spacial score (nSPS) is 11.8. The average Bonchev–Trinajstić information content (AvgIpc) is 3.15. The fourth-order valence-electron chi connectivity index (χ4n) is 2.91. The molecule has 0 amide bonds. The quantitative estimate of drug-likeness (QED) is 0.429. The summed E-state index contributed by atoms with van der Waals surface area (Å²) in [5.41, 5.74) is 2.81. The van der Waals surface area contributed by atoms with Gasteiger partial charge in [-0.15, -0.1) is 10.2 Å². The second-order valence-corrected chi connectivity index (χ2v) is 7.59. The third kappa shape index (κ3) is 4.22. The molecule has 3 rings (SSSR count). The number of methoxy groups -OCH3 is 3. The summed E-state index contributed by atoms with van der Waals surface area (Å²) in [7, 11) is 4.56. The van der Waals surface area contributed by atoms with Crippen molar-refractivity contribution in [2.75, 3.05) is 21.3 Å². The number of hydrogen-bond acceptors (Lipinski definition) is 7. The van der Waals surface area contributed by atoms with E-state index in [1.54, 1.807) is 21.1 Å². The number of benzene rings is 2. The monoisotopic (exact) mass is 413 g/mol. The van der Waals surface area contributed by atoms with Crippen molar-refractivity contribution < 1.29 is 19.0 Å². The Labute approximate surface area is 174 Å². The molecule has 152 valence electrons. The number of carbonyl (C=O) groups excluding carboxylic acids is 1. The molecule has 0 aliphatic rings. The number of aryl methyl sites for hydroxylation is 1. The van der Waals surface area contributed by atoms with E-state index in [1.807, 2.05) is 54.0 Å². The molecule has 0 fully saturated rings. The first kappa shape index (κ1) is 20.7. The van der Waals surface area contributed by atoms with Crippen LogP contribution in [0.1, 0.15) is 12.5 Å². The molecule has 1 heterocycles. The van der Waals surface area contributed by atoms with Crippen LogP contribution in [0.15, 0.2) is 47.6 Å². The first-order valence-corrected chi connectivity index (χ1v) is 9.86. The minimum absolute atomic E-state index is 0.318. The summed E-state index contributed by atoms with van der Waals surface area (Å²) in [6.07, 6.45) is 0. The topological polar surface area (TPSA) is 75.5 Å². The second-order valence-electron chi connectivity index (χ2n) is 6.28. The summed E-state index contributed by atoms with van der Waals surface area (Å²) in [4.78, 5) is 11.9. The molecule has 3 aromatic rings. The van der Waals surface area contributed by atoms with Gasteiger partial charge in [-0.1, -0.05) is 30.0 Å². The molecule has 29 heavy (non-hydrogen) atoms. The molecule has 0 aliphatic carbocycles. The first-order chi connectivity index (χ1) is 14.0. The molecule has 0 saturated carbocycles. The number of para-hydroxylation sites is 1. The third-order valence-electron chi connectivity index (χ3n) is 4.45. The maximum Gasteiger partial charge on any atom is 0.318 e. The van der Waals surface area contributed by atoms with Crippen molar-refractivity contribution in [2.45, 2.75) is 24.3 Å². The summed E-state index contributed by atoms with van der Waals surface area (Å²) >= 11 is 1.30. The number of esters is 1. The Bertz CT molecular complexity index is 1020. The van der Waals surface area contributed by atoms with Crippen LogP contribution in [0.4, 0.5) is 0 Å². The van der Waals surface area contributed by atoms with Crippen LogP contribution in [0.5, 0.6) is 11.5 Å². The maximum atomic E-state index is 11.9. The smallest absolute Gasteiger partial charge is 0.318 e. The summed E-state index contributed by atoms with van der Waals surface area (Å²) in [5, 5.41) is 8.95. The highest BCUT2D eigenvalue weighted by molar-refractivity contribution is 8.00. The largest absolute Gasteiger partial charge is 0.493 e. The maximum absolute atomic E-state index is 11.9. The Balaban J connectivity index is 2.16. The van der Waals surface area contributed by atoms with Gasteiger partial charge in [-0.05, 0) is 43.7 Å². The van der Waals surface area contributed by atoms with Crippen molar-refractivity contribution in [3.05, 3.63) is 48.0 Å². The van der Waals surface area contributed by atoms with E-state index in [2.05, 4.69) is 10.2 Å². The second kappa shape index (κ2) is 9.00. The van der Waals surface area contributed by atoms with Gasteiger partial charge in [0.2, 0.25) is 0 Å². The molecule has 0 saturated heterocycles. The zero-order valence-electron chi connectivity index (χ0n) is 17.0. The van der Waals surface area contributed by atoms with Crippen molar-refractivity contribution in [3.8, 4) is 28.6 Å². The highest BCUT2D eigenvalue weighted by Gasteiger charge is 2.23. The van der Waals surface area contributed by atoms with Gasteiger partial charge < -0.3 is 14.2 Å². The van der Waals surface area contributed by atoms with Crippen molar-refractivity contribution in [1.82, 2.24) is 14.8 Å². The van der Waals surface area contributed by atoms with Crippen LogP contribution in [-0.4, -0.2) is 47.3 Å². The number of rotatable bonds is 7. The average molecular weight is 413 g/mol. The van der Waals surface area contributed by atoms with Crippen molar-refractivity contribution >= 4 is 17.7 Å². The molecule has 0 spiro atoms. The molecule has 1 aromatic heterocycles. The lowest BCUT2D eigenvalue weighted by Crippen LogP contribution is -2.15. The number of thioether (sulfide) groups is 1. The minimum Gasteiger partial charge on any atom is -0.493 e. The van der Waals surface area contributed by atoms with Crippen molar-refractivity contribution in [1.29, 1.82) is 0 Å². The number of ether oxygens (including phenoxy) is 3. The van der Waals surface area contributed by atoms with E-state index in [9.17, 15) is 4.79 Å². The van der Waals surface area contributed by atoms with Crippen LogP contribution in [0.3, 0.4) is 0 Å². The molecule has 0 N–H and O–H groups in total. The fraction of sp³-hybridized carbons (Fsp3) is 0.286. The molecule has 1 atom stereocenters. The van der Waals surface area contributed by atoms with E-state index < -0.39 is 5.25 Å². The summed E-state index contributed by atoms with van der Waals surface area (Å²) < 4.78 is 17.6. The summed E-state index contributed by atoms with van der Waals surface area (Å²) in [5.74, 6) is 1.55. The van der Waals surface area contributed by atoms with Gasteiger partial charge >= 0.3 is 5.97 Å². The molecule has 8 heteroatoms. The Morgan fingerprint density at radius 1 is 1.03 bits per heavy atom. The van der Waals surface area contributed by atoms with Crippen LogP contribution in [-0.2, 0) is 9.53 Å². The Morgan fingerprint density at radius 2 is 1.76 bits per heavy atom. The van der Waals surface area contributed by atoms with Crippen LogP contribution in [0, 0.1) is 6.92 Å². The van der Waals surface area contributed by atoms with E-state index in [0.29, 0.717) is 22.5 Å². The Kier molecular flexibility index (Phi) is 6.43. The van der Waals surface area contributed by atoms with Crippen molar-refractivity contribution in [2.24, 2.45) is 0 Å². The van der Waals surface area contributed by atoms with Crippen LogP contribution >= 0.6 is 11.8 Å². The van der Waals surface area contributed by atoms with Crippen LogP contribution in [0.25, 0.3) is 17.1 Å². The van der Waals surface area contributed by atoms with Gasteiger partial charge in [0, 0.05) is 5.56 Å². The zero-order chi connectivity index (χ0) is 21.0. The van der Waals surface area contributed by atoms with E-state index in [1.165, 1.54) is 18.9 Å². The Hall–Kier alpha value is -3.00. The summed E-state index contributed by atoms with van der Waals surface area (Å²) in [6.45, 7) is 3.80. The molecule has 7 nitrogen and oxygen atoms in total. The van der Waals surface area contributed by atoms with E-state index in [0.717, 1.165) is 16.8 Å². The van der Waals surface area contributed by atoms with Gasteiger partial charge in [-0.3, -0.25) is 9.36 Å². The minimum atomic E-state index is -0.426. The predicted octanol–water partition coefficient (Wildman–Crippen LogP) is 3.91. The molecule has 0 unspecified atom stereocenters. The summed E-state index contributed by atoms with van der Waals surface area (Å²) in [6, 6.07) is 13.5. The number of aromatic nitrogens is 3. The van der Waals surface area contributed by atoms with Gasteiger partial charge in [-0.2, -0.15) is 0 Å². The van der Waals surface area contributed by atoms with Crippen molar-refractivity contribution in [3.63, 3.8) is 0 Å². The molecular weight excluding hydrogens is 390 g/mol. The van der Waals surface area contributed by atoms with Gasteiger partial charge in [0.1, 0.15) is 5.25 Å². The predicted molar refractivity (Wildman–Crippen MR) is 112 cm³/mol. The first-order valence-electron chi connectivity index (χ1n) is 8.98. The molecule has 0 radical (unpaired) electrons. The van der Waals surface area contributed by atoms with Crippen LogP contribution in [0.2, 0.25) is 0 Å². The van der Waals surface area contributed by atoms with Gasteiger partial charge in [0.15, 0.2) is 22.5 Å². The van der Waals surface area contributed by atoms with E-state index >= 15 is 0 Å². The highest BCUT2D eigenvalue weighted by Crippen LogP contribution is 2.35. The van der Waals surface area contributed by atoms with E-state index in [4.69, 9.17) is 14.2 Å². The number of carbonyl (C=O) groups is 1.